The van der Waals surface area contributed by atoms with Gasteiger partial charge in [0.05, 0.1) is 22.7 Å². The molecule has 2 aromatic carbocycles. The molecule has 9 nitrogen and oxygen atoms in total. The lowest BCUT2D eigenvalue weighted by molar-refractivity contribution is -0.115. The second kappa shape index (κ2) is 9.84. The molecule has 10 heteroatoms. The van der Waals surface area contributed by atoms with E-state index in [1.807, 2.05) is 31.2 Å². The van der Waals surface area contributed by atoms with Crippen LogP contribution < -0.4 is 10.6 Å². The summed E-state index contributed by atoms with van der Waals surface area (Å²) in [5, 5.41) is 6.03. The SMILES string of the molecule is CCN(Cc1ccncc1)S(=O)(=O)c1ccc(Nc2ncc3c(n2)-c2ccccc2NC(=O)C3)cc1. The zero-order chi connectivity index (χ0) is 25.1. The van der Waals surface area contributed by atoms with Gasteiger partial charge in [0.1, 0.15) is 0 Å². The number of fused-ring (bicyclic) bond motifs is 3. The molecule has 1 amide bonds. The van der Waals surface area contributed by atoms with E-state index in [9.17, 15) is 13.2 Å². The summed E-state index contributed by atoms with van der Waals surface area (Å²) in [5.41, 5.74) is 4.44. The molecule has 36 heavy (non-hydrogen) atoms. The number of nitrogens with one attached hydrogen (secondary N) is 2. The van der Waals surface area contributed by atoms with Gasteiger partial charge in [0, 0.05) is 48.5 Å². The van der Waals surface area contributed by atoms with Crippen molar-refractivity contribution in [2.24, 2.45) is 0 Å². The molecule has 3 heterocycles. The number of pyridine rings is 1. The number of amides is 1. The average Bonchev–Trinajstić information content (AvgIpc) is 3.03. The van der Waals surface area contributed by atoms with Crippen LogP contribution in [0.15, 0.2) is 84.1 Å². The van der Waals surface area contributed by atoms with E-state index in [1.54, 1.807) is 55.0 Å². The molecule has 182 valence electrons. The predicted molar refractivity (Wildman–Crippen MR) is 137 cm³/mol. The number of aromatic nitrogens is 3. The molecule has 0 saturated carbocycles. The molecule has 4 aromatic rings. The summed E-state index contributed by atoms with van der Waals surface area (Å²) < 4.78 is 27.8. The number of hydrogen-bond donors (Lipinski definition) is 2. The first-order valence-corrected chi connectivity index (χ1v) is 12.9. The number of sulfonamides is 1. The van der Waals surface area contributed by atoms with Gasteiger partial charge in [-0.2, -0.15) is 4.31 Å². The van der Waals surface area contributed by atoms with Crippen LogP contribution in [0.25, 0.3) is 11.3 Å². The van der Waals surface area contributed by atoms with Crippen LogP contribution in [0.5, 0.6) is 0 Å². The third-order valence-electron chi connectivity index (χ3n) is 5.88. The van der Waals surface area contributed by atoms with E-state index in [2.05, 4.69) is 25.6 Å². The van der Waals surface area contributed by atoms with Crippen molar-refractivity contribution in [2.75, 3.05) is 17.2 Å². The molecule has 0 spiro atoms. The molecule has 2 aromatic heterocycles. The first-order chi connectivity index (χ1) is 17.4. The summed E-state index contributed by atoms with van der Waals surface area (Å²) in [6, 6.07) is 17.6. The lowest BCUT2D eigenvalue weighted by Gasteiger charge is -2.20. The lowest BCUT2D eigenvalue weighted by atomic mass is 10.1. The molecule has 1 aliphatic heterocycles. The minimum absolute atomic E-state index is 0.118. The highest BCUT2D eigenvalue weighted by Gasteiger charge is 2.24. The Labute approximate surface area is 209 Å². The van der Waals surface area contributed by atoms with Gasteiger partial charge in [-0.15, -0.1) is 0 Å². The Morgan fingerprint density at radius 1 is 1.03 bits per heavy atom. The quantitative estimate of drug-likeness (QED) is 0.394. The number of para-hydroxylation sites is 1. The largest absolute Gasteiger partial charge is 0.325 e. The van der Waals surface area contributed by atoms with Crippen molar-refractivity contribution in [2.45, 2.75) is 24.8 Å². The Morgan fingerprint density at radius 2 is 1.78 bits per heavy atom. The van der Waals surface area contributed by atoms with Crippen LogP contribution in [0.1, 0.15) is 18.1 Å². The molecule has 0 saturated heterocycles. The molecule has 2 N–H and O–H groups in total. The van der Waals surface area contributed by atoms with Gasteiger partial charge in [0.25, 0.3) is 0 Å². The zero-order valence-corrected chi connectivity index (χ0v) is 20.4. The van der Waals surface area contributed by atoms with Crippen LogP contribution in [0.3, 0.4) is 0 Å². The third-order valence-corrected chi connectivity index (χ3v) is 7.82. The first-order valence-electron chi connectivity index (χ1n) is 11.5. The van der Waals surface area contributed by atoms with Crippen molar-refractivity contribution >= 4 is 33.3 Å². The highest BCUT2D eigenvalue weighted by Crippen LogP contribution is 2.33. The highest BCUT2D eigenvalue weighted by atomic mass is 32.2. The minimum Gasteiger partial charge on any atom is -0.325 e. The smallest absolute Gasteiger partial charge is 0.243 e. The molecule has 0 unspecified atom stereocenters. The van der Waals surface area contributed by atoms with Gasteiger partial charge < -0.3 is 10.6 Å². The van der Waals surface area contributed by atoms with Crippen molar-refractivity contribution in [3.05, 3.63) is 90.4 Å². The van der Waals surface area contributed by atoms with E-state index in [-0.39, 0.29) is 23.8 Å². The fourth-order valence-electron chi connectivity index (χ4n) is 4.04. The van der Waals surface area contributed by atoms with Crippen LogP contribution in [-0.2, 0) is 27.8 Å². The van der Waals surface area contributed by atoms with Gasteiger partial charge in [-0.3, -0.25) is 9.78 Å². The normalized spacial score (nSPS) is 12.9. The van der Waals surface area contributed by atoms with Gasteiger partial charge in [-0.05, 0) is 48.0 Å². The second-order valence-electron chi connectivity index (χ2n) is 8.27. The van der Waals surface area contributed by atoms with E-state index in [0.29, 0.717) is 29.6 Å². The Balaban J connectivity index is 1.37. The Bertz CT molecular complexity index is 1510. The van der Waals surface area contributed by atoms with Gasteiger partial charge >= 0.3 is 0 Å². The number of carbonyl (C=O) groups excluding carboxylic acids is 1. The van der Waals surface area contributed by atoms with Crippen molar-refractivity contribution in [3.63, 3.8) is 0 Å². The molecule has 0 radical (unpaired) electrons. The van der Waals surface area contributed by atoms with Crippen LogP contribution in [0, 0.1) is 0 Å². The van der Waals surface area contributed by atoms with Crippen LogP contribution in [0.2, 0.25) is 0 Å². The number of hydrogen-bond acceptors (Lipinski definition) is 7. The number of nitrogens with zero attached hydrogens (tertiary/aromatic N) is 4. The molecule has 5 rings (SSSR count). The van der Waals surface area contributed by atoms with E-state index >= 15 is 0 Å². The maximum absolute atomic E-state index is 13.2. The van der Waals surface area contributed by atoms with Crippen molar-refractivity contribution in [1.82, 2.24) is 19.3 Å². The fourth-order valence-corrected chi connectivity index (χ4v) is 5.48. The molecular formula is C26H24N6O3S. The molecule has 0 fully saturated rings. The third kappa shape index (κ3) is 4.81. The number of benzene rings is 2. The standard InChI is InChI=1S/C26H24N6O3S/c1-2-32(17-18-11-13-27-14-12-18)36(34,35)21-9-7-20(8-10-21)29-26-28-16-19-15-24(33)30-23-6-4-3-5-22(23)25(19)31-26/h3-14,16H,2,15,17H2,1H3,(H,30,33)(H,28,29,31). The fraction of sp³-hybridized carbons (Fsp3) is 0.154. The molecule has 0 bridgehead atoms. The maximum Gasteiger partial charge on any atom is 0.243 e. The van der Waals surface area contributed by atoms with E-state index < -0.39 is 10.0 Å². The van der Waals surface area contributed by atoms with Crippen molar-refractivity contribution < 1.29 is 13.2 Å². The lowest BCUT2D eigenvalue weighted by Crippen LogP contribution is -2.30. The summed E-state index contributed by atoms with van der Waals surface area (Å²) in [6.07, 6.45) is 5.12. The van der Waals surface area contributed by atoms with Crippen LogP contribution in [-0.4, -0.2) is 40.1 Å². The first kappa shape index (κ1) is 23.6. The summed E-state index contributed by atoms with van der Waals surface area (Å²) >= 11 is 0. The maximum atomic E-state index is 13.2. The van der Waals surface area contributed by atoms with Gasteiger partial charge in [-0.25, -0.2) is 18.4 Å². The molecule has 0 aliphatic carbocycles. The molecule has 1 aliphatic rings. The van der Waals surface area contributed by atoms with Crippen molar-refractivity contribution in [1.29, 1.82) is 0 Å². The van der Waals surface area contributed by atoms with Crippen LogP contribution >= 0.6 is 0 Å². The molecular weight excluding hydrogens is 476 g/mol. The summed E-state index contributed by atoms with van der Waals surface area (Å²) in [7, 11) is -3.68. The summed E-state index contributed by atoms with van der Waals surface area (Å²) in [6.45, 7) is 2.42. The van der Waals surface area contributed by atoms with Gasteiger partial charge in [0.2, 0.25) is 21.9 Å². The van der Waals surface area contributed by atoms with E-state index in [4.69, 9.17) is 0 Å². The Kier molecular flexibility index (Phi) is 6.45. The van der Waals surface area contributed by atoms with E-state index in [0.717, 1.165) is 16.7 Å². The second-order valence-corrected chi connectivity index (χ2v) is 10.2. The molecule has 0 atom stereocenters. The minimum atomic E-state index is -3.68. The highest BCUT2D eigenvalue weighted by molar-refractivity contribution is 7.89. The number of rotatable bonds is 7. The van der Waals surface area contributed by atoms with Crippen LogP contribution in [0.4, 0.5) is 17.3 Å². The van der Waals surface area contributed by atoms with Crippen molar-refractivity contribution in [3.8, 4) is 11.3 Å². The average molecular weight is 501 g/mol. The van der Waals surface area contributed by atoms with Gasteiger partial charge in [0.15, 0.2) is 0 Å². The monoisotopic (exact) mass is 500 g/mol. The van der Waals surface area contributed by atoms with E-state index in [1.165, 1.54) is 4.31 Å². The Morgan fingerprint density at radius 3 is 2.53 bits per heavy atom. The summed E-state index contributed by atoms with van der Waals surface area (Å²) in [5.74, 6) is 0.230. The summed E-state index contributed by atoms with van der Waals surface area (Å²) in [4.78, 5) is 25.4. The zero-order valence-electron chi connectivity index (χ0n) is 19.5. The number of anilines is 3. The van der Waals surface area contributed by atoms with Gasteiger partial charge in [-0.1, -0.05) is 25.1 Å². The topological polar surface area (TPSA) is 117 Å². The number of carbonyl (C=O) groups is 1. The predicted octanol–water partition coefficient (Wildman–Crippen LogP) is 3.99. The Hall–Kier alpha value is -4.15.